The van der Waals surface area contributed by atoms with Crippen LogP contribution in [0.15, 0.2) is 219 Å². The average molecular weight is 1080 g/mol. The summed E-state index contributed by atoms with van der Waals surface area (Å²) in [4.78, 5) is 38.2. The van der Waals surface area contributed by atoms with Crippen molar-refractivity contribution in [1.29, 1.82) is 0 Å². The second-order valence-electron chi connectivity index (χ2n) is 18.8. The lowest BCUT2D eigenvalue weighted by molar-refractivity contribution is -0.166. The number of carbonyl (C=O) groups excluding carboxylic acids is 3. The highest BCUT2D eigenvalue weighted by atomic mass is 16.6. The third-order valence-corrected chi connectivity index (χ3v) is 11.5. The van der Waals surface area contributed by atoms with E-state index in [4.69, 9.17) is 14.2 Å². The Hall–Kier alpha value is -6.27. The summed E-state index contributed by atoms with van der Waals surface area (Å²) in [6.07, 6.45) is 101. The highest BCUT2D eigenvalue weighted by Gasteiger charge is 2.19. The van der Waals surface area contributed by atoms with Crippen molar-refractivity contribution in [3.05, 3.63) is 219 Å². The minimum atomic E-state index is -0.872. The summed E-state index contributed by atoms with van der Waals surface area (Å²) in [5, 5.41) is 0. The quantitative estimate of drug-likeness (QED) is 0.0261. The zero-order valence-electron chi connectivity index (χ0n) is 49.5. The standard InChI is InChI=1S/C73H106O6/c1-4-7-10-13-16-19-22-25-28-31-33-34-35-36-37-38-40-42-45-48-51-54-57-60-63-66-72(75)78-69-70(68-77-71(74)65-62-59-56-53-50-47-44-41-30-27-24-21-18-15-12-9-6-3)79-73(76)67-64-61-58-55-52-49-46-43-39-32-29-26-23-20-17-14-11-8-5-2/h7-12,16-21,25-30,33-34,36-37,39-40,42-44,47-49,51-53,56,58,61,70H,4-6,13-15,22-24,31-32,35,38,41,45-46,50,54-55,57,59-60,62-69H2,1-3H3/b10-7-,11-8-,12-9-,19-16-,20-17-,21-18-,28-25-,29-26-,30-27-,34-33-,37-36-,42-40-,43-39-,47-44-,51-48-,52-49-,56-53-,61-58-. The van der Waals surface area contributed by atoms with Crippen LogP contribution in [0.3, 0.4) is 0 Å². The van der Waals surface area contributed by atoms with Crippen LogP contribution in [0.25, 0.3) is 0 Å². The van der Waals surface area contributed by atoms with Gasteiger partial charge in [-0.15, -0.1) is 0 Å². The van der Waals surface area contributed by atoms with Crippen molar-refractivity contribution in [3.63, 3.8) is 0 Å². The van der Waals surface area contributed by atoms with Crippen LogP contribution in [-0.4, -0.2) is 37.2 Å². The first-order chi connectivity index (χ1) is 39.0. The zero-order valence-corrected chi connectivity index (χ0v) is 49.5. The van der Waals surface area contributed by atoms with Gasteiger partial charge >= 0.3 is 17.9 Å². The van der Waals surface area contributed by atoms with Gasteiger partial charge in [0.05, 0.1) is 0 Å². The number of hydrogen-bond acceptors (Lipinski definition) is 6. The Balaban J connectivity index is 4.68. The number of allylic oxidation sites excluding steroid dienone is 36. The van der Waals surface area contributed by atoms with Crippen LogP contribution in [0.1, 0.15) is 201 Å². The van der Waals surface area contributed by atoms with Crippen molar-refractivity contribution in [1.82, 2.24) is 0 Å². The Morgan fingerprint density at radius 1 is 0.253 bits per heavy atom. The molecule has 0 aromatic rings. The molecule has 0 radical (unpaired) electrons. The largest absolute Gasteiger partial charge is 0.462 e. The Kier molecular flexibility index (Phi) is 59.2. The van der Waals surface area contributed by atoms with Crippen molar-refractivity contribution in [2.45, 2.75) is 207 Å². The smallest absolute Gasteiger partial charge is 0.306 e. The summed E-state index contributed by atoms with van der Waals surface area (Å²) >= 11 is 0. The monoisotopic (exact) mass is 1080 g/mol. The van der Waals surface area contributed by atoms with Gasteiger partial charge in [-0.2, -0.15) is 0 Å². The first-order valence-corrected chi connectivity index (χ1v) is 30.2. The molecule has 0 rings (SSSR count). The molecular formula is C73H106O6. The van der Waals surface area contributed by atoms with Gasteiger partial charge in [0.2, 0.25) is 0 Å². The topological polar surface area (TPSA) is 78.9 Å². The van der Waals surface area contributed by atoms with Crippen LogP contribution in [0.2, 0.25) is 0 Å². The Bertz CT molecular complexity index is 2010. The lowest BCUT2D eigenvalue weighted by Crippen LogP contribution is -2.30. The van der Waals surface area contributed by atoms with Gasteiger partial charge in [-0.1, -0.05) is 246 Å². The molecule has 1 atom stereocenters. The summed E-state index contributed by atoms with van der Waals surface area (Å²) in [6.45, 7) is 6.13. The lowest BCUT2D eigenvalue weighted by Gasteiger charge is -2.18. The van der Waals surface area contributed by atoms with Gasteiger partial charge in [-0.25, -0.2) is 0 Å². The maximum Gasteiger partial charge on any atom is 0.306 e. The predicted molar refractivity (Wildman–Crippen MR) is 343 cm³/mol. The average Bonchev–Trinajstić information content (AvgIpc) is 3.45. The molecule has 0 aromatic carbocycles. The Morgan fingerprint density at radius 2 is 0.494 bits per heavy atom. The van der Waals surface area contributed by atoms with Crippen LogP contribution in [0, 0.1) is 0 Å². The summed E-state index contributed by atoms with van der Waals surface area (Å²) in [7, 11) is 0. The van der Waals surface area contributed by atoms with E-state index in [0.717, 1.165) is 141 Å². The lowest BCUT2D eigenvalue weighted by atomic mass is 10.1. The number of esters is 3. The molecule has 6 nitrogen and oxygen atoms in total. The van der Waals surface area contributed by atoms with Crippen molar-refractivity contribution in [2.24, 2.45) is 0 Å². The van der Waals surface area contributed by atoms with Gasteiger partial charge in [0.1, 0.15) is 13.2 Å². The SMILES string of the molecule is CC/C=C\C/C=C\C/C=C\C/C=C\C/C=C\C/C=C\C/C=C\CCCCCC(=O)OCC(COC(=O)CCC/C=C\C/C=C\C/C=C\C/C=C\C/C=C\CC)OC(=O)CC/C=C\C/C=C\C/C=C\C/C=C\C/C=C\C/C=C\CC. The van der Waals surface area contributed by atoms with E-state index in [1.807, 2.05) is 12.2 Å². The molecule has 79 heavy (non-hydrogen) atoms. The first-order valence-electron chi connectivity index (χ1n) is 30.2. The minimum Gasteiger partial charge on any atom is -0.462 e. The maximum absolute atomic E-state index is 12.9. The molecule has 0 aliphatic carbocycles. The Labute approximate surface area is 482 Å². The number of rotatable bonds is 51. The van der Waals surface area contributed by atoms with Gasteiger partial charge in [0, 0.05) is 19.3 Å². The van der Waals surface area contributed by atoms with E-state index in [1.54, 1.807) is 0 Å². The Morgan fingerprint density at radius 3 is 0.785 bits per heavy atom. The summed E-state index contributed by atoms with van der Waals surface area (Å²) in [5.41, 5.74) is 0. The third kappa shape index (κ3) is 62.5. The fourth-order valence-electron chi connectivity index (χ4n) is 7.07. The van der Waals surface area contributed by atoms with Gasteiger partial charge in [-0.05, 0) is 154 Å². The van der Waals surface area contributed by atoms with Crippen LogP contribution < -0.4 is 0 Å². The fourth-order valence-corrected chi connectivity index (χ4v) is 7.07. The molecule has 0 saturated heterocycles. The van der Waals surface area contributed by atoms with E-state index in [-0.39, 0.29) is 44.4 Å². The van der Waals surface area contributed by atoms with Crippen molar-refractivity contribution in [3.8, 4) is 0 Å². The normalized spacial score (nSPS) is 13.7. The van der Waals surface area contributed by atoms with Crippen LogP contribution in [0.4, 0.5) is 0 Å². The van der Waals surface area contributed by atoms with Crippen LogP contribution in [0.5, 0.6) is 0 Å². The van der Waals surface area contributed by atoms with Gasteiger partial charge < -0.3 is 14.2 Å². The molecule has 0 N–H and O–H groups in total. The highest BCUT2D eigenvalue weighted by Crippen LogP contribution is 2.10. The molecule has 6 heteroatoms. The maximum atomic E-state index is 12.9. The van der Waals surface area contributed by atoms with E-state index in [0.29, 0.717) is 19.3 Å². The highest BCUT2D eigenvalue weighted by molar-refractivity contribution is 5.71. The number of ether oxygens (including phenoxy) is 3. The molecule has 0 aromatic heterocycles. The minimum absolute atomic E-state index is 0.158. The van der Waals surface area contributed by atoms with Gasteiger partial charge in [0.15, 0.2) is 6.10 Å². The number of unbranched alkanes of at least 4 members (excludes halogenated alkanes) is 4. The summed E-state index contributed by atoms with van der Waals surface area (Å²) < 4.78 is 16.7. The predicted octanol–water partition coefficient (Wildman–Crippen LogP) is 21.0. The number of carbonyl (C=O) groups is 3. The molecule has 0 bridgehead atoms. The molecule has 0 saturated carbocycles. The number of hydrogen-bond donors (Lipinski definition) is 0. The molecule has 0 aliphatic heterocycles. The zero-order chi connectivity index (χ0) is 57.1. The molecule has 434 valence electrons. The van der Waals surface area contributed by atoms with Gasteiger partial charge in [-0.3, -0.25) is 14.4 Å². The molecular weight excluding hydrogens is 973 g/mol. The van der Waals surface area contributed by atoms with Gasteiger partial charge in [0.25, 0.3) is 0 Å². The molecule has 0 heterocycles. The molecule has 0 spiro atoms. The third-order valence-electron chi connectivity index (χ3n) is 11.5. The van der Waals surface area contributed by atoms with E-state index >= 15 is 0 Å². The molecule has 1 unspecified atom stereocenters. The fraction of sp³-hybridized carbons (Fsp3) is 0.466. The van der Waals surface area contributed by atoms with E-state index < -0.39 is 12.1 Å². The van der Waals surface area contributed by atoms with Crippen molar-refractivity contribution < 1.29 is 28.6 Å². The summed E-state index contributed by atoms with van der Waals surface area (Å²) in [6, 6.07) is 0. The second-order valence-corrected chi connectivity index (χ2v) is 18.8. The van der Waals surface area contributed by atoms with E-state index in [1.165, 1.54) is 0 Å². The first kappa shape index (κ1) is 72.7. The van der Waals surface area contributed by atoms with Crippen molar-refractivity contribution >= 4 is 17.9 Å². The van der Waals surface area contributed by atoms with Crippen LogP contribution >= 0.6 is 0 Å². The molecule has 0 amide bonds. The second kappa shape index (κ2) is 64.3. The van der Waals surface area contributed by atoms with Crippen molar-refractivity contribution in [2.75, 3.05) is 13.2 Å². The molecule has 0 aliphatic rings. The van der Waals surface area contributed by atoms with E-state index in [2.05, 4.69) is 227 Å². The van der Waals surface area contributed by atoms with E-state index in [9.17, 15) is 14.4 Å². The summed E-state index contributed by atoms with van der Waals surface area (Å²) in [5.74, 6) is -1.15. The van der Waals surface area contributed by atoms with Crippen LogP contribution in [-0.2, 0) is 28.6 Å². The molecule has 0 fully saturated rings.